The number of carbonyl (C=O) groups excluding carboxylic acids is 1. The van der Waals surface area contributed by atoms with E-state index in [1.54, 1.807) is 6.07 Å². The highest BCUT2D eigenvalue weighted by atomic mass is 16.3. The number of amides is 1. The quantitative estimate of drug-likeness (QED) is 0.842. The molecule has 2 bridgehead atoms. The van der Waals surface area contributed by atoms with E-state index < -0.39 is 0 Å². The molecule has 3 nitrogen and oxygen atoms in total. The van der Waals surface area contributed by atoms with Gasteiger partial charge in [-0.25, -0.2) is 0 Å². The van der Waals surface area contributed by atoms with Crippen molar-refractivity contribution < 1.29 is 9.90 Å². The Morgan fingerprint density at radius 2 is 1.95 bits per heavy atom. The van der Waals surface area contributed by atoms with Crippen molar-refractivity contribution in [1.82, 2.24) is 4.90 Å². The zero-order valence-corrected chi connectivity index (χ0v) is 11.4. The smallest absolute Gasteiger partial charge is 0.254 e. The predicted molar refractivity (Wildman–Crippen MR) is 74.2 cm³/mol. The third kappa shape index (κ3) is 2.46. The molecule has 3 rings (SSSR count). The number of fused-ring (bicyclic) bond motifs is 2. The van der Waals surface area contributed by atoms with E-state index in [-0.39, 0.29) is 11.7 Å². The molecular formula is C16H21NO2. The molecule has 102 valence electrons. The maximum absolute atomic E-state index is 12.5. The lowest BCUT2D eigenvalue weighted by Gasteiger charge is -2.41. The van der Waals surface area contributed by atoms with Gasteiger partial charge < -0.3 is 10.0 Å². The van der Waals surface area contributed by atoms with Gasteiger partial charge in [-0.3, -0.25) is 4.79 Å². The van der Waals surface area contributed by atoms with Crippen LogP contribution in [0.4, 0.5) is 0 Å². The summed E-state index contributed by atoms with van der Waals surface area (Å²) in [4.78, 5) is 14.5. The van der Waals surface area contributed by atoms with Gasteiger partial charge in [0.05, 0.1) is 0 Å². The third-order valence-corrected chi connectivity index (χ3v) is 4.59. The zero-order valence-electron chi connectivity index (χ0n) is 11.4. The number of phenolic OH excluding ortho intramolecular Hbond substituents is 1. The lowest BCUT2D eigenvalue weighted by Crippen LogP contribution is -2.45. The second-order valence-electron chi connectivity index (χ2n) is 6.11. The van der Waals surface area contributed by atoms with Crippen LogP contribution in [0.25, 0.3) is 0 Å². The Labute approximate surface area is 114 Å². The van der Waals surface area contributed by atoms with E-state index in [4.69, 9.17) is 0 Å². The number of likely N-dealkylation sites (tertiary alicyclic amines) is 1. The molecule has 2 aliphatic rings. The topological polar surface area (TPSA) is 40.5 Å². The number of carbonyl (C=O) groups is 1. The van der Waals surface area contributed by atoms with Crippen LogP contribution in [0.1, 0.15) is 41.6 Å². The minimum absolute atomic E-state index is 0.0758. The SMILES string of the molecule is Cc1ccc(C(=O)N2CC3CCCC(C3)C2)cc1O. The van der Waals surface area contributed by atoms with Gasteiger partial charge in [-0.05, 0) is 55.7 Å². The number of hydrogen-bond donors (Lipinski definition) is 1. The van der Waals surface area contributed by atoms with Crippen LogP contribution in [0.2, 0.25) is 0 Å². The summed E-state index contributed by atoms with van der Waals surface area (Å²) in [6.45, 7) is 3.63. The molecule has 1 aromatic carbocycles. The highest BCUT2D eigenvalue weighted by molar-refractivity contribution is 5.94. The lowest BCUT2D eigenvalue weighted by atomic mass is 9.78. The van der Waals surface area contributed by atoms with Crippen LogP contribution in [0.5, 0.6) is 5.75 Å². The third-order valence-electron chi connectivity index (χ3n) is 4.59. The van der Waals surface area contributed by atoms with Crippen molar-refractivity contribution in [1.29, 1.82) is 0 Å². The van der Waals surface area contributed by atoms with Crippen molar-refractivity contribution in [3.63, 3.8) is 0 Å². The van der Waals surface area contributed by atoms with E-state index in [1.165, 1.54) is 25.7 Å². The largest absolute Gasteiger partial charge is 0.508 e. The maximum Gasteiger partial charge on any atom is 0.254 e. The molecule has 1 aromatic rings. The number of aromatic hydroxyl groups is 1. The van der Waals surface area contributed by atoms with Gasteiger partial charge >= 0.3 is 0 Å². The van der Waals surface area contributed by atoms with E-state index in [0.717, 1.165) is 18.7 Å². The Morgan fingerprint density at radius 3 is 2.58 bits per heavy atom. The van der Waals surface area contributed by atoms with Crippen molar-refractivity contribution in [2.75, 3.05) is 13.1 Å². The van der Waals surface area contributed by atoms with E-state index >= 15 is 0 Å². The summed E-state index contributed by atoms with van der Waals surface area (Å²) in [5, 5.41) is 9.74. The minimum atomic E-state index is 0.0758. The van der Waals surface area contributed by atoms with Crippen molar-refractivity contribution in [2.45, 2.75) is 32.6 Å². The molecule has 3 heteroatoms. The van der Waals surface area contributed by atoms with Crippen molar-refractivity contribution in [3.05, 3.63) is 29.3 Å². The zero-order chi connectivity index (χ0) is 13.4. The highest BCUT2D eigenvalue weighted by Gasteiger charge is 2.32. The summed E-state index contributed by atoms with van der Waals surface area (Å²) in [5.41, 5.74) is 1.43. The molecule has 1 aliphatic carbocycles. The summed E-state index contributed by atoms with van der Waals surface area (Å²) >= 11 is 0. The molecule has 1 saturated carbocycles. The second kappa shape index (κ2) is 4.87. The molecule has 2 fully saturated rings. The second-order valence-corrected chi connectivity index (χ2v) is 6.11. The van der Waals surface area contributed by atoms with Crippen LogP contribution in [0, 0.1) is 18.8 Å². The van der Waals surface area contributed by atoms with E-state index in [1.807, 2.05) is 24.0 Å². The van der Waals surface area contributed by atoms with Gasteiger partial charge in [-0.2, -0.15) is 0 Å². The number of nitrogens with zero attached hydrogens (tertiary/aromatic N) is 1. The van der Waals surface area contributed by atoms with E-state index in [9.17, 15) is 9.90 Å². The van der Waals surface area contributed by atoms with Gasteiger partial charge in [-0.1, -0.05) is 12.5 Å². The Balaban J connectivity index is 1.78. The summed E-state index contributed by atoms with van der Waals surface area (Å²) in [7, 11) is 0. The molecule has 2 unspecified atom stereocenters. The van der Waals surface area contributed by atoms with Gasteiger partial charge in [0.15, 0.2) is 0 Å². The first-order valence-corrected chi connectivity index (χ1v) is 7.22. The minimum Gasteiger partial charge on any atom is -0.508 e. The number of rotatable bonds is 1. The molecule has 0 radical (unpaired) electrons. The average Bonchev–Trinajstić information content (AvgIpc) is 2.40. The van der Waals surface area contributed by atoms with Gasteiger partial charge in [0.25, 0.3) is 5.91 Å². The molecule has 0 aromatic heterocycles. The normalized spacial score (nSPS) is 26.3. The van der Waals surface area contributed by atoms with Crippen LogP contribution in [-0.2, 0) is 0 Å². The lowest BCUT2D eigenvalue weighted by molar-refractivity contribution is 0.0504. The molecule has 1 N–H and O–H groups in total. The van der Waals surface area contributed by atoms with Crippen LogP contribution in [0.15, 0.2) is 18.2 Å². The summed E-state index contributed by atoms with van der Waals surface area (Å²) in [5.74, 6) is 1.67. The Bertz CT molecular complexity index is 486. The van der Waals surface area contributed by atoms with Crippen molar-refractivity contribution >= 4 is 5.91 Å². The number of phenols is 1. The molecule has 1 aliphatic heterocycles. The number of hydrogen-bond acceptors (Lipinski definition) is 2. The van der Waals surface area contributed by atoms with Crippen LogP contribution >= 0.6 is 0 Å². The van der Waals surface area contributed by atoms with Crippen molar-refractivity contribution in [3.8, 4) is 5.75 Å². The molecule has 1 heterocycles. The molecular weight excluding hydrogens is 238 g/mol. The molecule has 0 spiro atoms. The monoisotopic (exact) mass is 259 g/mol. The fourth-order valence-electron chi connectivity index (χ4n) is 3.52. The van der Waals surface area contributed by atoms with E-state index in [2.05, 4.69) is 0 Å². The Hall–Kier alpha value is -1.51. The van der Waals surface area contributed by atoms with Crippen LogP contribution in [-0.4, -0.2) is 29.0 Å². The summed E-state index contributed by atoms with van der Waals surface area (Å²) < 4.78 is 0. The highest BCUT2D eigenvalue weighted by Crippen LogP contribution is 2.35. The van der Waals surface area contributed by atoms with E-state index in [0.29, 0.717) is 17.4 Å². The number of benzene rings is 1. The van der Waals surface area contributed by atoms with Gasteiger partial charge in [0.1, 0.15) is 5.75 Å². The maximum atomic E-state index is 12.5. The van der Waals surface area contributed by atoms with Crippen molar-refractivity contribution in [2.24, 2.45) is 11.8 Å². The molecule has 2 atom stereocenters. The molecule has 19 heavy (non-hydrogen) atoms. The average molecular weight is 259 g/mol. The van der Waals surface area contributed by atoms with Gasteiger partial charge in [-0.15, -0.1) is 0 Å². The predicted octanol–water partition coefficient (Wildman–Crippen LogP) is 2.96. The van der Waals surface area contributed by atoms with Gasteiger partial charge in [0.2, 0.25) is 0 Å². The Kier molecular flexibility index (Phi) is 3.21. The summed E-state index contributed by atoms with van der Waals surface area (Å²) in [6.07, 6.45) is 5.14. The van der Waals surface area contributed by atoms with Crippen LogP contribution < -0.4 is 0 Å². The fraction of sp³-hybridized carbons (Fsp3) is 0.562. The molecule has 1 saturated heterocycles. The molecule has 1 amide bonds. The first-order valence-electron chi connectivity index (χ1n) is 7.22. The number of piperidine rings is 1. The first-order chi connectivity index (χ1) is 9.13. The standard InChI is InChI=1S/C16H21NO2/c1-11-5-6-14(8-15(11)18)16(19)17-9-12-3-2-4-13(7-12)10-17/h5-6,8,12-13,18H,2-4,7,9-10H2,1H3. The van der Waals surface area contributed by atoms with Crippen LogP contribution in [0.3, 0.4) is 0 Å². The summed E-state index contributed by atoms with van der Waals surface area (Å²) in [6, 6.07) is 5.23. The Morgan fingerprint density at radius 1 is 1.26 bits per heavy atom. The first kappa shape index (κ1) is 12.5. The van der Waals surface area contributed by atoms with Gasteiger partial charge in [0, 0.05) is 18.7 Å². The number of aryl methyl sites for hydroxylation is 1. The fourth-order valence-corrected chi connectivity index (χ4v) is 3.52.